The van der Waals surface area contributed by atoms with E-state index in [1.54, 1.807) is 0 Å². The van der Waals surface area contributed by atoms with E-state index in [1.807, 2.05) is 26.4 Å². The second-order valence-electron chi connectivity index (χ2n) is 5.54. The number of ether oxygens (including phenoxy) is 1. The van der Waals surface area contributed by atoms with Crippen LogP contribution in [0.5, 0.6) is 5.75 Å². The minimum atomic E-state index is 0.190. The van der Waals surface area contributed by atoms with Crippen LogP contribution < -0.4 is 10.1 Å². The monoisotopic (exact) mass is 283 g/mol. The van der Waals surface area contributed by atoms with Gasteiger partial charge in [-0.3, -0.25) is 0 Å². The van der Waals surface area contributed by atoms with Crippen molar-refractivity contribution in [2.75, 3.05) is 13.7 Å². The van der Waals surface area contributed by atoms with Crippen LogP contribution in [-0.2, 0) is 12.8 Å². The maximum Gasteiger partial charge on any atom is 0.145 e. The Hall–Kier alpha value is -1.94. The molecule has 4 nitrogen and oxygen atoms in total. The first kappa shape index (κ1) is 14.0. The fourth-order valence-corrected chi connectivity index (χ4v) is 2.69. The Morgan fingerprint density at radius 2 is 2.10 bits per heavy atom. The molecule has 1 aliphatic rings. The van der Waals surface area contributed by atoms with Crippen molar-refractivity contribution in [1.29, 1.82) is 0 Å². The van der Waals surface area contributed by atoms with Gasteiger partial charge < -0.3 is 10.1 Å². The minimum absolute atomic E-state index is 0.190. The molecule has 110 valence electrons. The lowest BCUT2D eigenvalue weighted by atomic mass is 10.0. The molecule has 0 spiro atoms. The standard InChI is InChI=1S/C17H21N3O/c1-12-10-19-17(20-11-12)15(18-2)5-3-13-4-6-16-14(9-13)7-8-21-16/h4,6,9-11,15,18H,3,5,7-8H2,1-2H3. The predicted octanol–water partition coefficient (Wildman–Crippen LogP) is 2.61. The average Bonchev–Trinajstić information content (AvgIpc) is 2.97. The number of hydrogen-bond donors (Lipinski definition) is 1. The van der Waals surface area contributed by atoms with Crippen LogP contribution in [-0.4, -0.2) is 23.6 Å². The zero-order valence-corrected chi connectivity index (χ0v) is 12.6. The van der Waals surface area contributed by atoms with Crippen molar-refractivity contribution in [3.63, 3.8) is 0 Å². The Labute approximate surface area is 125 Å². The van der Waals surface area contributed by atoms with Gasteiger partial charge in [0.1, 0.15) is 11.6 Å². The van der Waals surface area contributed by atoms with E-state index in [4.69, 9.17) is 4.74 Å². The Bertz CT molecular complexity index is 610. The average molecular weight is 283 g/mol. The summed E-state index contributed by atoms with van der Waals surface area (Å²) in [6.07, 6.45) is 6.77. The molecular formula is C17H21N3O. The molecule has 1 aliphatic heterocycles. The molecule has 1 N–H and O–H groups in total. The summed E-state index contributed by atoms with van der Waals surface area (Å²) in [5, 5.41) is 3.31. The number of nitrogens with one attached hydrogen (secondary N) is 1. The van der Waals surface area contributed by atoms with Gasteiger partial charge in [-0.05, 0) is 49.6 Å². The summed E-state index contributed by atoms with van der Waals surface area (Å²) in [6, 6.07) is 6.71. The van der Waals surface area contributed by atoms with Crippen LogP contribution in [0.25, 0.3) is 0 Å². The number of rotatable bonds is 5. The quantitative estimate of drug-likeness (QED) is 0.916. The molecule has 1 aromatic carbocycles. The molecule has 21 heavy (non-hydrogen) atoms. The highest BCUT2D eigenvalue weighted by atomic mass is 16.5. The molecule has 0 radical (unpaired) electrons. The third-order valence-electron chi connectivity index (χ3n) is 3.94. The highest BCUT2D eigenvalue weighted by Crippen LogP contribution is 2.27. The van der Waals surface area contributed by atoms with Crippen LogP contribution >= 0.6 is 0 Å². The molecule has 1 atom stereocenters. The maximum atomic E-state index is 5.55. The molecule has 0 saturated carbocycles. The fraction of sp³-hybridized carbons (Fsp3) is 0.412. The third kappa shape index (κ3) is 3.22. The van der Waals surface area contributed by atoms with Crippen molar-refractivity contribution < 1.29 is 4.74 Å². The molecule has 2 heterocycles. The highest BCUT2D eigenvalue weighted by Gasteiger charge is 2.15. The van der Waals surface area contributed by atoms with E-state index >= 15 is 0 Å². The molecule has 0 amide bonds. The van der Waals surface area contributed by atoms with Crippen molar-refractivity contribution in [2.45, 2.75) is 32.2 Å². The lowest BCUT2D eigenvalue weighted by Crippen LogP contribution is -2.19. The van der Waals surface area contributed by atoms with Crippen LogP contribution in [0.2, 0.25) is 0 Å². The molecule has 0 aliphatic carbocycles. The van der Waals surface area contributed by atoms with Gasteiger partial charge in [0.15, 0.2) is 0 Å². The van der Waals surface area contributed by atoms with Crippen LogP contribution in [0.15, 0.2) is 30.6 Å². The van der Waals surface area contributed by atoms with E-state index in [2.05, 4.69) is 33.5 Å². The molecule has 1 unspecified atom stereocenters. The smallest absolute Gasteiger partial charge is 0.145 e. The minimum Gasteiger partial charge on any atom is -0.493 e. The first-order valence-corrected chi connectivity index (χ1v) is 7.46. The summed E-state index contributed by atoms with van der Waals surface area (Å²) in [5.74, 6) is 1.92. The van der Waals surface area contributed by atoms with Gasteiger partial charge in [-0.1, -0.05) is 12.1 Å². The van der Waals surface area contributed by atoms with E-state index in [-0.39, 0.29) is 6.04 Å². The molecule has 2 aromatic rings. The summed E-state index contributed by atoms with van der Waals surface area (Å²) in [4.78, 5) is 8.85. The van der Waals surface area contributed by atoms with Crippen LogP contribution in [0.1, 0.15) is 35.0 Å². The normalized spacial score (nSPS) is 14.6. The van der Waals surface area contributed by atoms with E-state index < -0.39 is 0 Å². The molecule has 4 heteroatoms. The predicted molar refractivity (Wildman–Crippen MR) is 82.5 cm³/mol. The number of nitrogens with zero attached hydrogens (tertiary/aromatic N) is 2. The van der Waals surface area contributed by atoms with Gasteiger partial charge >= 0.3 is 0 Å². The zero-order chi connectivity index (χ0) is 14.7. The summed E-state index contributed by atoms with van der Waals surface area (Å²) < 4.78 is 5.55. The van der Waals surface area contributed by atoms with Crippen LogP contribution in [0.3, 0.4) is 0 Å². The second-order valence-corrected chi connectivity index (χ2v) is 5.54. The number of benzene rings is 1. The SMILES string of the molecule is CNC(CCc1ccc2c(c1)CCO2)c1ncc(C)cn1. The molecule has 1 aromatic heterocycles. The first-order chi connectivity index (χ1) is 10.3. The van der Waals surface area contributed by atoms with E-state index in [0.29, 0.717) is 0 Å². The lowest BCUT2D eigenvalue weighted by molar-refractivity contribution is 0.357. The summed E-state index contributed by atoms with van der Waals surface area (Å²) >= 11 is 0. The number of fused-ring (bicyclic) bond motifs is 1. The van der Waals surface area contributed by atoms with Gasteiger partial charge in [0.2, 0.25) is 0 Å². The third-order valence-corrected chi connectivity index (χ3v) is 3.94. The van der Waals surface area contributed by atoms with E-state index in [1.165, 1.54) is 11.1 Å². The summed E-state index contributed by atoms with van der Waals surface area (Å²) in [5.41, 5.74) is 3.78. The van der Waals surface area contributed by atoms with E-state index in [0.717, 1.165) is 43.0 Å². The van der Waals surface area contributed by atoms with Crippen LogP contribution in [0, 0.1) is 6.92 Å². The Kier molecular flexibility index (Phi) is 4.15. The molecule has 0 bridgehead atoms. The van der Waals surface area contributed by atoms with Crippen molar-refractivity contribution in [3.8, 4) is 5.75 Å². The van der Waals surface area contributed by atoms with E-state index in [9.17, 15) is 0 Å². The maximum absolute atomic E-state index is 5.55. The van der Waals surface area contributed by atoms with Gasteiger partial charge in [-0.2, -0.15) is 0 Å². The molecule has 3 rings (SSSR count). The van der Waals surface area contributed by atoms with Crippen molar-refractivity contribution in [3.05, 3.63) is 53.1 Å². The van der Waals surface area contributed by atoms with Gasteiger partial charge in [-0.15, -0.1) is 0 Å². The van der Waals surface area contributed by atoms with Crippen molar-refractivity contribution in [1.82, 2.24) is 15.3 Å². The van der Waals surface area contributed by atoms with Crippen molar-refractivity contribution >= 4 is 0 Å². The Morgan fingerprint density at radius 3 is 2.86 bits per heavy atom. The number of aromatic nitrogens is 2. The molecule has 0 fully saturated rings. The first-order valence-electron chi connectivity index (χ1n) is 7.46. The molecular weight excluding hydrogens is 262 g/mol. The Morgan fingerprint density at radius 1 is 1.29 bits per heavy atom. The zero-order valence-electron chi connectivity index (χ0n) is 12.6. The van der Waals surface area contributed by atoms with Gasteiger partial charge in [-0.25, -0.2) is 9.97 Å². The number of hydrogen-bond acceptors (Lipinski definition) is 4. The number of aryl methyl sites for hydroxylation is 2. The van der Waals surface area contributed by atoms with Crippen molar-refractivity contribution in [2.24, 2.45) is 0 Å². The molecule has 0 saturated heterocycles. The fourth-order valence-electron chi connectivity index (χ4n) is 2.69. The van der Waals surface area contributed by atoms with Crippen LogP contribution in [0.4, 0.5) is 0 Å². The Balaban J connectivity index is 1.66. The van der Waals surface area contributed by atoms with Gasteiger partial charge in [0.25, 0.3) is 0 Å². The topological polar surface area (TPSA) is 47.0 Å². The summed E-state index contributed by atoms with van der Waals surface area (Å²) in [6.45, 7) is 2.82. The lowest BCUT2D eigenvalue weighted by Gasteiger charge is -2.15. The highest BCUT2D eigenvalue weighted by molar-refractivity contribution is 5.39. The second kappa shape index (κ2) is 6.22. The largest absolute Gasteiger partial charge is 0.493 e. The van der Waals surface area contributed by atoms with Gasteiger partial charge in [0, 0.05) is 18.8 Å². The van der Waals surface area contributed by atoms with Gasteiger partial charge in [0.05, 0.1) is 12.6 Å². The summed E-state index contributed by atoms with van der Waals surface area (Å²) in [7, 11) is 1.96.